The highest BCUT2D eigenvalue weighted by molar-refractivity contribution is 7.80. The summed E-state index contributed by atoms with van der Waals surface area (Å²) in [4.78, 5) is 0. The van der Waals surface area contributed by atoms with Crippen LogP contribution in [0, 0.1) is 11.3 Å². The Balaban J connectivity index is 1.92. The van der Waals surface area contributed by atoms with Gasteiger partial charge in [0.15, 0.2) is 10.9 Å². The molecule has 2 rings (SSSR count). The summed E-state index contributed by atoms with van der Waals surface area (Å²) in [6, 6.07) is 9.23. The van der Waals surface area contributed by atoms with Gasteiger partial charge >= 0.3 is 0 Å². The molecule has 0 saturated heterocycles. The van der Waals surface area contributed by atoms with Crippen LogP contribution in [0.3, 0.4) is 0 Å². The fraction of sp³-hybridized carbons (Fsp3) is 0.250. The molecule has 7 nitrogen and oxygen atoms in total. The first-order valence-electron chi connectivity index (χ1n) is 7.15. The quantitative estimate of drug-likeness (QED) is 0.768. The molecule has 0 aliphatic heterocycles. The predicted molar refractivity (Wildman–Crippen MR) is 94.2 cm³/mol. The number of nitriles is 1. The standard InChI is InChI=1S/C16H17N5O2S/c1-22-13-3-4-14(23-2)11(9-13)5-7-18-16(24)20-15-12(10-17)6-8-19-21-15/h3-4,6,8-9H,5,7H2,1-2H3,(H2,18,20,21,24). The van der Waals surface area contributed by atoms with Gasteiger partial charge in [0.1, 0.15) is 17.6 Å². The topological polar surface area (TPSA) is 92.1 Å². The van der Waals surface area contributed by atoms with E-state index >= 15 is 0 Å². The van der Waals surface area contributed by atoms with Crippen LogP contribution < -0.4 is 20.1 Å². The van der Waals surface area contributed by atoms with E-state index in [-0.39, 0.29) is 0 Å². The summed E-state index contributed by atoms with van der Waals surface area (Å²) < 4.78 is 10.6. The Morgan fingerprint density at radius 1 is 1.29 bits per heavy atom. The molecule has 8 heteroatoms. The van der Waals surface area contributed by atoms with Crippen LogP contribution in [-0.2, 0) is 6.42 Å². The minimum absolute atomic E-state index is 0.330. The van der Waals surface area contributed by atoms with Gasteiger partial charge in [0.05, 0.1) is 26.0 Å². The maximum atomic E-state index is 9.02. The van der Waals surface area contributed by atoms with Gasteiger partial charge in [-0.3, -0.25) is 0 Å². The summed E-state index contributed by atoms with van der Waals surface area (Å²) in [5.41, 5.74) is 1.38. The highest BCUT2D eigenvalue weighted by Crippen LogP contribution is 2.24. The molecule has 1 aromatic carbocycles. The minimum atomic E-state index is 0.330. The first-order valence-corrected chi connectivity index (χ1v) is 7.56. The highest BCUT2D eigenvalue weighted by atomic mass is 32.1. The van der Waals surface area contributed by atoms with E-state index in [1.54, 1.807) is 20.3 Å². The van der Waals surface area contributed by atoms with Crippen molar-refractivity contribution in [1.82, 2.24) is 15.5 Å². The zero-order valence-corrected chi connectivity index (χ0v) is 14.2. The maximum absolute atomic E-state index is 9.02. The van der Waals surface area contributed by atoms with Crippen LogP contribution in [0.4, 0.5) is 5.82 Å². The largest absolute Gasteiger partial charge is 0.497 e. The van der Waals surface area contributed by atoms with Crippen molar-refractivity contribution in [2.75, 3.05) is 26.1 Å². The van der Waals surface area contributed by atoms with Crippen LogP contribution in [0.15, 0.2) is 30.5 Å². The first kappa shape index (κ1) is 17.4. The summed E-state index contributed by atoms with van der Waals surface area (Å²) in [6.45, 7) is 0.581. The van der Waals surface area contributed by atoms with Crippen LogP contribution in [0.5, 0.6) is 11.5 Å². The molecule has 1 aromatic heterocycles. The summed E-state index contributed by atoms with van der Waals surface area (Å²) in [6.07, 6.45) is 2.14. The average molecular weight is 343 g/mol. The lowest BCUT2D eigenvalue weighted by Gasteiger charge is -2.13. The molecule has 0 aliphatic carbocycles. The molecule has 0 fully saturated rings. The molecule has 0 unspecified atom stereocenters. The van der Waals surface area contributed by atoms with E-state index in [0.29, 0.717) is 29.5 Å². The number of thiocarbonyl (C=S) groups is 1. The molecule has 0 amide bonds. The first-order chi connectivity index (χ1) is 11.7. The van der Waals surface area contributed by atoms with Crippen molar-refractivity contribution < 1.29 is 9.47 Å². The van der Waals surface area contributed by atoms with Gasteiger partial charge in [0, 0.05) is 6.54 Å². The minimum Gasteiger partial charge on any atom is -0.497 e. The van der Waals surface area contributed by atoms with E-state index in [1.165, 1.54) is 6.20 Å². The van der Waals surface area contributed by atoms with E-state index in [1.807, 2.05) is 24.3 Å². The molecule has 0 saturated carbocycles. The number of nitrogens with zero attached hydrogens (tertiary/aromatic N) is 3. The molecular weight excluding hydrogens is 326 g/mol. The van der Waals surface area contributed by atoms with Gasteiger partial charge in [0.2, 0.25) is 0 Å². The number of benzene rings is 1. The second kappa shape index (κ2) is 8.64. The molecule has 2 aromatic rings. The lowest BCUT2D eigenvalue weighted by Crippen LogP contribution is -2.31. The predicted octanol–water partition coefficient (Wildman–Crippen LogP) is 1.89. The zero-order chi connectivity index (χ0) is 17.4. The molecule has 0 bridgehead atoms. The Labute approximate surface area is 145 Å². The lowest BCUT2D eigenvalue weighted by molar-refractivity contribution is 0.398. The van der Waals surface area contributed by atoms with E-state index in [2.05, 4.69) is 20.8 Å². The van der Waals surface area contributed by atoms with Gasteiger partial charge in [-0.15, -0.1) is 5.10 Å². The van der Waals surface area contributed by atoms with Crippen molar-refractivity contribution in [3.05, 3.63) is 41.6 Å². The van der Waals surface area contributed by atoms with Crippen LogP contribution in [0.25, 0.3) is 0 Å². The van der Waals surface area contributed by atoms with Crippen LogP contribution in [0.2, 0.25) is 0 Å². The van der Waals surface area contributed by atoms with Crippen LogP contribution in [-0.4, -0.2) is 36.1 Å². The Hall–Kier alpha value is -2.92. The maximum Gasteiger partial charge on any atom is 0.172 e. The molecule has 2 N–H and O–H groups in total. The number of anilines is 1. The number of ether oxygens (including phenoxy) is 2. The third-order valence-corrected chi connectivity index (χ3v) is 3.49. The highest BCUT2D eigenvalue weighted by Gasteiger charge is 2.07. The third-order valence-electron chi connectivity index (χ3n) is 3.24. The summed E-state index contributed by atoms with van der Waals surface area (Å²) in [7, 11) is 3.25. The van der Waals surface area contributed by atoms with Gasteiger partial charge < -0.3 is 20.1 Å². The number of nitrogens with one attached hydrogen (secondary N) is 2. The Morgan fingerprint density at radius 2 is 2.12 bits per heavy atom. The van der Waals surface area contributed by atoms with Crippen molar-refractivity contribution >= 4 is 23.1 Å². The van der Waals surface area contributed by atoms with Crippen molar-refractivity contribution in [2.24, 2.45) is 0 Å². The summed E-state index contributed by atoms with van der Waals surface area (Å²) in [5.74, 6) is 1.89. The van der Waals surface area contributed by atoms with Gasteiger partial charge in [0.25, 0.3) is 0 Å². The van der Waals surface area contributed by atoms with E-state index in [9.17, 15) is 0 Å². The SMILES string of the molecule is COc1ccc(OC)c(CCNC(=S)Nc2nnccc2C#N)c1. The average Bonchev–Trinajstić information content (AvgIpc) is 2.62. The Bertz CT molecular complexity index is 760. The fourth-order valence-corrected chi connectivity index (χ4v) is 2.25. The molecule has 0 spiro atoms. The molecule has 0 aliphatic rings. The molecule has 124 valence electrons. The number of hydrogen-bond acceptors (Lipinski definition) is 6. The molecular formula is C16H17N5O2S. The smallest absolute Gasteiger partial charge is 0.172 e. The van der Waals surface area contributed by atoms with E-state index in [4.69, 9.17) is 27.0 Å². The number of aromatic nitrogens is 2. The zero-order valence-electron chi connectivity index (χ0n) is 13.4. The lowest BCUT2D eigenvalue weighted by atomic mass is 10.1. The summed E-state index contributed by atoms with van der Waals surface area (Å²) in [5, 5.41) is 22.9. The molecule has 0 atom stereocenters. The van der Waals surface area contributed by atoms with Gasteiger partial charge in [-0.2, -0.15) is 10.4 Å². The van der Waals surface area contributed by atoms with Gasteiger partial charge in [-0.1, -0.05) is 0 Å². The number of rotatable bonds is 6. The van der Waals surface area contributed by atoms with Crippen molar-refractivity contribution in [3.8, 4) is 17.6 Å². The monoisotopic (exact) mass is 343 g/mol. The van der Waals surface area contributed by atoms with Gasteiger partial charge in [-0.25, -0.2) is 0 Å². The Morgan fingerprint density at radius 3 is 2.83 bits per heavy atom. The second-order valence-corrected chi connectivity index (χ2v) is 5.12. The second-order valence-electron chi connectivity index (χ2n) is 4.71. The van der Waals surface area contributed by atoms with Gasteiger partial charge in [-0.05, 0) is 48.5 Å². The van der Waals surface area contributed by atoms with Crippen molar-refractivity contribution in [1.29, 1.82) is 5.26 Å². The Kier molecular flexibility index (Phi) is 6.28. The van der Waals surface area contributed by atoms with Crippen LogP contribution in [0.1, 0.15) is 11.1 Å². The van der Waals surface area contributed by atoms with E-state index < -0.39 is 0 Å². The van der Waals surface area contributed by atoms with E-state index in [0.717, 1.165) is 17.1 Å². The summed E-state index contributed by atoms with van der Waals surface area (Å²) >= 11 is 5.21. The molecule has 24 heavy (non-hydrogen) atoms. The molecule has 1 heterocycles. The third kappa shape index (κ3) is 4.54. The van der Waals surface area contributed by atoms with Crippen LogP contribution >= 0.6 is 12.2 Å². The van der Waals surface area contributed by atoms with Crippen molar-refractivity contribution in [2.45, 2.75) is 6.42 Å². The molecule has 0 radical (unpaired) electrons. The van der Waals surface area contributed by atoms with Crippen molar-refractivity contribution in [3.63, 3.8) is 0 Å². The fourth-order valence-electron chi connectivity index (χ4n) is 2.05. The normalized spacial score (nSPS) is 9.71. The number of hydrogen-bond donors (Lipinski definition) is 2. The number of methoxy groups -OCH3 is 2.